The van der Waals surface area contributed by atoms with Crippen LogP contribution in [0.2, 0.25) is 0 Å². The zero-order chi connectivity index (χ0) is 14.3. The molecular weight excluding hydrogens is 254 g/mol. The number of benzene rings is 1. The van der Waals surface area contributed by atoms with E-state index in [9.17, 15) is 9.59 Å². The highest BCUT2D eigenvalue weighted by molar-refractivity contribution is 5.82. The fraction of sp³-hybridized carbons (Fsp3) is 0.467. The Bertz CT molecular complexity index is 721. The summed E-state index contributed by atoms with van der Waals surface area (Å²) >= 11 is 0. The second-order valence-corrected chi connectivity index (χ2v) is 5.49. The summed E-state index contributed by atoms with van der Waals surface area (Å²) in [4.78, 5) is 26.0. The van der Waals surface area contributed by atoms with Gasteiger partial charge in [0.2, 0.25) is 5.91 Å². The molecule has 3 rings (SSSR count). The fourth-order valence-corrected chi connectivity index (χ4v) is 2.92. The molecule has 2 aromatic rings. The van der Waals surface area contributed by atoms with E-state index in [-0.39, 0.29) is 11.6 Å². The number of nitrogens with zero attached hydrogens (tertiary/aromatic N) is 3. The van der Waals surface area contributed by atoms with Gasteiger partial charge in [0.25, 0.3) is 0 Å². The summed E-state index contributed by atoms with van der Waals surface area (Å²) in [6, 6.07) is 5.81. The summed E-state index contributed by atoms with van der Waals surface area (Å²) in [5, 5.41) is 0. The molecule has 0 radical (unpaired) electrons. The maximum absolute atomic E-state index is 12.2. The topological polar surface area (TPSA) is 47.2 Å². The van der Waals surface area contributed by atoms with Crippen LogP contribution >= 0.6 is 0 Å². The fourth-order valence-electron chi connectivity index (χ4n) is 2.92. The largest absolute Gasteiger partial charge is 0.342 e. The van der Waals surface area contributed by atoms with Gasteiger partial charge < -0.3 is 4.90 Å². The van der Waals surface area contributed by atoms with Crippen LogP contribution in [0.4, 0.5) is 0 Å². The van der Waals surface area contributed by atoms with Gasteiger partial charge in [-0.15, -0.1) is 0 Å². The Kier molecular flexibility index (Phi) is 3.12. The quantitative estimate of drug-likeness (QED) is 0.821. The van der Waals surface area contributed by atoms with Gasteiger partial charge in [0.1, 0.15) is 0 Å². The third-order valence-electron chi connectivity index (χ3n) is 4.15. The number of imidazole rings is 1. The first-order valence-corrected chi connectivity index (χ1v) is 7.00. The van der Waals surface area contributed by atoms with E-state index in [2.05, 4.69) is 0 Å². The molecule has 0 saturated carbocycles. The second-order valence-electron chi connectivity index (χ2n) is 5.49. The highest BCUT2D eigenvalue weighted by atomic mass is 16.2. The van der Waals surface area contributed by atoms with Gasteiger partial charge >= 0.3 is 5.69 Å². The van der Waals surface area contributed by atoms with Crippen LogP contribution in [0.1, 0.15) is 18.4 Å². The van der Waals surface area contributed by atoms with Crippen LogP contribution in [0, 0.1) is 0 Å². The lowest BCUT2D eigenvalue weighted by molar-refractivity contribution is -0.129. The van der Waals surface area contributed by atoms with Gasteiger partial charge in [-0.1, -0.05) is 6.07 Å². The van der Waals surface area contributed by atoms with Crippen molar-refractivity contribution in [3.05, 3.63) is 34.2 Å². The van der Waals surface area contributed by atoms with Crippen LogP contribution in [0.25, 0.3) is 11.0 Å². The van der Waals surface area contributed by atoms with Crippen molar-refractivity contribution in [2.75, 3.05) is 13.1 Å². The molecule has 1 aliphatic heterocycles. The van der Waals surface area contributed by atoms with Gasteiger partial charge in [-0.2, -0.15) is 0 Å². The molecule has 0 N–H and O–H groups in total. The molecule has 20 heavy (non-hydrogen) atoms. The number of fused-ring (bicyclic) bond motifs is 1. The molecule has 0 atom stereocenters. The number of likely N-dealkylation sites (tertiary alicyclic amines) is 1. The molecule has 5 heteroatoms. The lowest BCUT2D eigenvalue weighted by Gasteiger charge is -2.15. The second kappa shape index (κ2) is 4.81. The first-order valence-electron chi connectivity index (χ1n) is 7.00. The summed E-state index contributed by atoms with van der Waals surface area (Å²) in [5.74, 6) is 0.183. The molecule has 1 saturated heterocycles. The van der Waals surface area contributed by atoms with Crippen molar-refractivity contribution >= 4 is 16.9 Å². The molecular formula is C15H19N3O2. The summed E-state index contributed by atoms with van der Waals surface area (Å²) in [6.07, 6.45) is 2.63. The minimum atomic E-state index is -0.0389. The summed E-state index contributed by atoms with van der Waals surface area (Å²) in [7, 11) is 3.52. The SMILES string of the molecule is Cn1c(=O)n(C)c2cc(CC(=O)N3CCCC3)ccc21. The van der Waals surface area contributed by atoms with Crippen molar-refractivity contribution in [3.63, 3.8) is 0 Å². The average Bonchev–Trinajstić information content (AvgIpc) is 3.04. The first-order chi connectivity index (χ1) is 9.58. The summed E-state index contributed by atoms with van der Waals surface area (Å²) in [6.45, 7) is 1.76. The van der Waals surface area contributed by atoms with E-state index < -0.39 is 0 Å². The smallest absolute Gasteiger partial charge is 0.328 e. The molecule has 0 unspecified atom stereocenters. The van der Waals surface area contributed by atoms with E-state index >= 15 is 0 Å². The number of hydrogen-bond acceptors (Lipinski definition) is 2. The number of amides is 1. The van der Waals surface area contributed by atoms with E-state index in [0.29, 0.717) is 6.42 Å². The Balaban J connectivity index is 1.91. The van der Waals surface area contributed by atoms with Crippen molar-refractivity contribution in [1.82, 2.24) is 14.0 Å². The molecule has 1 aliphatic rings. The maximum atomic E-state index is 12.2. The van der Waals surface area contributed by atoms with Crippen molar-refractivity contribution in [2.24, 2.45) is 14.1 Å². The molecule has 106 valence electrons. The van der Waals surface area contributed by atoms with Crippen LogP contribution in [0.3, 0.4) is 0 Å². The van der Waals surface area contributed by atoms with Gasteiger partial charge in [-0.25, -0.2) is 4.79 Å². The predicted octanol–water partition coefficient (Wildman–Crippen LogP) is 1.04. The van der Waals surface area contributed by atoms with Crippen LogP contribution in [0.15, 0.2) is 23.0 Å². The lowest BCUT2D eigenvalue weighted by Crippen LogP contribution is -2.29. The van der Waals surface area contributed by atoms with E-state index in [1.54, 1.807) is 23.2 Å². The molecule has 2 heterocycles. The normalized spacial score (nSPS) is 15.2. The molecule has 1 fully saturated rings. The molecule has 1 aromatic carbocycles. The van der Waals surface area contributed by atoms with Gasteiger partial charge in [0, 0.05) is 27.2 Å². The maximum Gasteiger partial charge on any atom is 0.328 e. The van der Waals surface area contributed by atoms with Gasteiger partial charge in [-0.05, 0) is 30.5 Å². The lowest BCUT2D eigenvalue weighted by atomic mass is 10.1. The molecule has 1 amide bonds. The Labute approximate surface area is 117 Å². The van der Waals surface area contributed by atoms with E-state index in [1.807, 2.05) is 23.1 Å². The van der Waals surface area contributed by atoms with E-state index in [4.69, 9.17) is 0 Å². The first kappa shape index (κ1) is 13.0. The summed E-state index contributed by atoms with van der Waals surface area (Å²) < 4.78 is 3.25. The summed E-state index contributed by atoms with van der Waals surface area (Å²) in [5.41, 5.74) is 2.71. The molecule has 0 bridgehead atoms. The average molecular weight is 273 g/mol. The van der Waals surface area contributed by atoms with E-state index in [0.717, 1.165) is 42.5 Å². The minimum absolute atomic E-state index is 0.0389. The number of hydrogen-bond donors (Lipinski definition) is 0. The number of carbonyl (C=O) groups excluding carboxylic acids is 1. The molecule has 0 aliphatic carbocycles. The minimum Gasteiger partial charge on any atom is -0.342 e. The predicted molar refractivity (Wildman–Crippen MR) is 77.7 cm³/mol. The number of carbonyl (C=O) groups is 1. The highest BCUT2D eigenvalue weighted by Gasteiger charge is 2.18. The van der Waals surface area contributed by atoms with Gasteiger partial charge in [0.15, 0.2) is 0 Å². The van der Waals surface area contributed by atoms with Crippen LogP contribution in [-0.4, -0.2) is 33.0 Å². The van der Waals surface area contributed by atoms with Crippen molar-refractivity contribution < 1.29 is 4.79 Å². The molecule has 1 aromatic heterocycles. The zero-order valence-electron chi connectivity index (χ0n) is 11.9. The third-order valence-corrected chi connectivity index (χ3v) is 4.15. The third kappa shape index (κ3) is 2.03. The highest BCUT2D eigenvalue weighted by Crippen LogP contribution is 2.16. The Morgan fingerprint density at radius 1 is 1.10 bits per heavy atom. The number of aromatic nitrogens is 2. The monoisotopic (exact) mass is 273 g/mol. The zero-order valence-corrected chi connectivity index (χ0v) is 11.9. The van der Waals surface area contributed by atoms with Crippen molar-refractivity contribution in [1.29, 1.82) is 0 Å². The van der Waals surface area contributed by atoms with Crippen LogP contribution in [0.5, 0.6) is 0 Å². The van der Waals surface area contributed by atoms with Crippen LogP contribution in [-0.2, 0) is 25.3 Å². The molecule has 5 nitrogen and oxygen atoms in total. The number of rotatable bonds is 2. The Hall–Kier alpha value is -2.04. The van der Waals surface area contributed by atoms with Gasteiger partial charge in [-0.3, -0.25) is 13.9 Å². The van der Waals surface area contributed by atoms with E-state index in [1.165, 1.54) is 0 Å². The standard InChI is InChI=1S/C15H19N3O2/c1-16-12-6-5-11(9-13(12)17(2)15(16)20)10-14(19)18-7-3-4-8-18/h5-6,9H,3-4,7-8,10H2,1-2H3. The van der Waals surface area contributed by atoms with Crippen molar-refractivity contribution in [3.8, 4) is 0 Å². The number of aryl methyl sites for hydroxylation is 2. The van der Waals surface area contributed by atoms with Gasteiger partial charge in [0.05, 0.1) is 17.5 Å². The molecule has 0 spiro atoms. The van der Waals surface area contributed by atoms with Crippen molar-refractivity contribution in [2.45, 2.75) is 19.3 Å². The van der Waals surface area contributed by atoms with Crippen LogP contribution < -0.4 is 5.69 Å². The Morgan fingerprint density at radius 3 is 2.45 bits per heavy atom. The Morgan fingerprint density at radius 2 is 1.75 bits per heavy atom.